The number of anilines is 1. The molecule has 20 heavy (non-hydrogen) atoms. The molecule has 3 rings (SSSR count). The summed E-state index contributed by atoms with van der Waals surface area (Å²) in [6, 6.07) is 12.4. The second-order valence-corrected chi connectivity index (χ2v) is 5.73. The summed E-state index contributed by atoms with van der Waals surface area (Å²) in [5, 5.41) is 4.41. The van der Waals surface area contributed by atoms with Crippen molar-refractivity contribution in [3.05, 3.63) is 41.3 Å². The summed E-state index contributed by atoms with van der Waals surface area (Å²) in [7, 11) is 0. The smallest absolute Gasteiger partial charge is 0.172 e. The third kappa shape index (κ3) is 2.39. The minimum atomic E-state index is 0.810. The molecule has 102 valence electrons. The van der Waals surface area contributed by atoms with Crippen LogP contribution < -0.4 is 5.32 Å². The van der Waals surface area contributed by atoms with Crippen molar-refractivity contribution in [2.24, 2.45) is 0 Å². The minimum Gasteiger partial charge on any atom is -0.370 e. The third-order valence-electron chi connectivity index (χ3n) is 3.18. The average Bonchev–Trinajstić information content (AvgIpc) is 2.96. The number of fused-ring (bicyclic) bond motifs is 1. The first-order valence-corrected chi connectivity index (χ1v) is 7.73. The molecular weight excluding hydrogens is 266 g/mol. The highest BCUT2D eigenvalue weighted by Gasteiger charge is 2.10. The predicted molar refractivity (Wildman–Crippen MR) is 86.4 cm³/mol. The van der Waals surface area contributed by atoms with Gasteiger partial charge in [-0.2, -0.15) is 0 Å². The summed E-state index contributed by atoms with van der Waals surface area (Å²) in [6.45, 7) is 5.10. The lowest BCUT2D eigenvalue weighted by molar-refractivity contribution is 1.15. The number of nitrogens with zero attached hydrogens (tertiary/aromatic N) is 2. The first-order valence-electron chi connectivity index (χ1n) is 6.91. The van der Waals surface area contributed by atoms with Crippen LogP contribution in [0.1, 0.15) is 18.7 Å². The number of nitrogens with one attached hydrogen (secondary N) is 1. The van der Waals surface area contributed by atoms with Crippen molar-refractivity contribution in [3.63, 3.8) is 0 Å². The fourth-order valence-corrected chi connectivity index (χ4v) is 3.06. The number of thiophene rings is 1. The van der Waals surface area contributed by atoms with E-state index in [9.17, 15) is 0 Å². The molecule has 3 aromatic rings. The van der Waals surface area contributed by atoms with E-state index in [1.54, 1.807) is 11.3 Å². The van der Waals surface area contributed by atoms with Gasteiger partial charge in [-0.15, -0.1) is 11.3 Å². The molecule has 0 aliphatic heterocycles. The summed E-state index contributed by atoms with van der Waals surface area (Å²) < 4.78 is 0. The highest BCUT2D eigenvalue weighted by Crippen LogP contribution is 2.29. The Morgan fingerprint density at radius 1 is 1.05 bits per heavy atom. The van der Waals surface area contributed by atoms with Crippen molar-refractivity contribution in [1.29, 1.82) is 0 Å². The monoisotopic (exact) mass is 283 g/mol. The maximum absolute atomic E-state index is 4.70. The summed E-state index contributed by atoms with van der Waals surface area (Å²) in [6.07, 6.45) is 1.05. The Kier molecular flexibility index (Phi) is 3.65. The SMILES string of the molecule is CCNc1nc(-c2ccc(CC)s2)nc2ccccc12. The van der Waals surface area contributed by atoms with E-state index in [1.807, 2.05) is 18.2 Å². The van der Waals surface area contributed by atoms with E-state index in [4.69, 9.17) is 9.97 Å². The minimum absolute atomic E-state index is 0.810. The molecule has 2 heterocycles. The zero-order chi connectivity index (χ0) is 13.9. The zero-order valence-electron chi connectivity index (χ0n) is 11.7. The Labute approximate surface area is 122 Å². The van der Waals surface area contributed by atoms with Crippen LogP contribution in [0.25, 0.3) is 21.6 Å². The number of hydrogen-bond donors (Lipinski definition) is 1. The molecule has 0 fully saturated rings. The average molecular weight is 283 g/mol. The molecule has 3 nitrogen and oxygen atoms in total. The van der Waals surface area contributed by atoms with Crippen molar-refractivity contribution >= 4 is 28.1 Å². The van der Waals surface area contributed by atoms with Gasteiger partial charge < -0.3 is 5.32 Å². The van der Waals surface area contributed by atoms with Crippen molar-refractivity contribution in [2.75, 3.05) is 11.9 Å². The normalized spacial score (nSPS) is 10.9. The Morgan fingerprint density at radius 3 is 2.65 bits per heavy atom. The van der Waals surface area contributed by atoms with E-state index in [0.717, 1.165) is 40.4 Å². The van der Waals surface area contributed by atoms with Crippen LogP contribution in [0.3, 0.4) is 0 Å². The van der Waals surface area contributed by atoms with Crippen LogP contribution >= 0.6 is 11.3 Å². The van der Waals surface area contributed by atoms with E-state index < -0.39 is 0 Å². The van der Waals surface area contributed by atoms with Gasteiger partial charge in [0.1, 0.15) is 5.82 Å². The highest BCUT2D eigenvalue weighted by atomic mass is 32.1. The fraction of sp³-hybridized carbons (Fsp3) is 0.250. The van der Waals surface area contributed by atoms with Gasteiger partial charge in [0.2, 0.25) is 0 Å². The molecule has 0 aliphatic rings. The van der Waals surface area contributed by atoms with Crippen molar-refractivity contribution in [1.82, 2.24) is 9.97 Å². The molecule has 0 bridgehead atoms. The molecule has 0 amide bonds. The molecule has 4 heteroatoms. The van der Waals surface area contributed by atoms with Crippen LogP contribution in [0.4, 0.5) is 5.82 Å². The van der Waals surface area contributed by atoms with Gasteiger partial charge in [-0.25, -0.2) is 9.97 Å². The molecule has 1 N–H and O–H groups in total. The molecule has 0 atom stereocenters. The van der Waals surface area contributed by atoms with Gasteiger partial charge in [0.25, 0.3) is 0 Å². The molecule has 0 radical (unpaired) electrons. The Morgan fingerprint density at radius 2 is 1.90 bits per heavy atom. The van der Waals surface area contributed by atoms with E-state index in [0.29, 0.717) is 0 Å². The molecule has 1 aromatic carbocycles. The lowest BCUT2D eigenvalue weighted by atomic mass is 10.2. The Balaban J connectivity index is 2.15. The van der Waals surface area contributed by atoms with E-state index >= 15 is 0 Å². The number of rotatable bonds is 4. The molecule has 0 saturated carbocycles. The molecule has 2 aromatic heterocycles. The Bertz CT molecular complexity index is 733. The number of para-hydroxylation sites is 1. The predicted octanol–water partition coefficient (Wildman–Crippen LogP) is 4.35. The van der Waals surface area contributed by atoms with Crippen LogP contribution in [-0.4, -0.2) is 16.5 Å². The third-order valence-corrected chi connectivity index (χ3v) is 4.40. The number of aromatic nitrogens is 2. The van der Waals surface area contributed by atoms with Gasteiger partial charge in [-0.05, 0) is 37.6 Å². The van der Waals surface area contributed by atoms with Gasteiger partial charge >= 0.3 is 0 Å². The topological polar surface area (TPSA) is 37.8 Å². The van der Waals surface area contributed by atoms with E-state index in [-0.39, 0.29) is 0 Å². The molecule has 0 aliphatic carbocycles. The fourth-order valence-electron chi connectivity index (χ4n) is 2.18. The summed E-state index contributed by atoms with van der Waals surface area (Å²) >= 11 is 1.77. The van der Waals surface area contributed by atoms with Crippen molar-refractivity contribution < 1.29 is 0 Å². The van der Waals surface area contributed by atoms with Crippen LogP contribution in [0.2, 0.25) is 0 Å². The summed E-state index contributed by atoms with van der Waals surface area (Å²) in [5.74, 6) is 1.73. The van der Waals surface area contributed by atoms with Gasteiger partial charge in [-0.3, -0.25) is 0 Å². The summed E-state index contributed by atoms with van der Waals surface area (Å²) in [4.78, 5) is 11.9. The lowest BCUT2D eigenvalue weighted by Crippen LogP contribution is -2.02. The second kappa shape index (κ2) is 5.59. The maximum atomic E-state index is 4.70. The zero-order valence-corrected chi connectivity index (χ0v) is 12.5. The lowest BCUT2D eigenvalue weighted by Gasteiger charge is -2.08. The molecule has 0 unspecified atom stereocenters. The van der Waals surface area contributed by atoms with Gasteiger partial charge in [0, 0.05) is 16.8 Å². The second-order valence-electron chi connectivity index (χ2n) is 4.56. The Hall–Kier alpha value is -1.94. The van der Waals surface area contributed by atoms with Gasteiger partial charge in [-0.1, -0.05) is 19.1 Å². The first-order chi connectivity index (χ1) is 9.81. The largest absolute Gasteiger partial charge is 0.370 e. The van der Waals surface area contributed by atoms with E-state index in [2.05, 4.69) is 37.4 Å². The highest BCUT2D eigenvalue weighted by molar-refractivity contribution is 7.15. The molecule has 0 saturated heterocycles. The summed E-state index contributed by atoms with van der Waals surface area (Å²) in [5.41, 5.74) is 0.986. The number of hydrogen-bond acceptors (Lipinski definition) is 4. The van der Waals surface area contributed by atoms with Gasteiger partial charge in [0.05, 0.1) is 10.4 Å². The van der Waals surface area contributed by atoms with Crippen LogP contribution in [0.5, 0.6) is 0 Å². The van der Waals surface area contributed by atoms with Crippen molar-refractivity contribution in [2.45, 2.75) is 20.3 Å². The van der Waals surface area contributed by atoms with Crippen LogP contribution in [-0.2, 0) is 6.42 Å². The first kappa shape index (κ1) is 13.1. The van der Waals surface area contributed by atoms with Crippen LogP contribution in [0.15, 0.2) is 36.4 Å². The maximum Gasteiger partial charge on any atom is 0.172 e. The van der Waals surface area contributed by atoms with Crippen molar-refractivity contribution in [3.8, 4) is 10.7 Å². The quantitative estimate of drug-likeness (QED) is 0.773. The standard InChI is InChI=1S/C16H17N3S/c1-3-11-9-10-14(20-11)16-18-13-8-6-5-7-12(13)15(19-16)17-4-2/h5-10H,3-4H2,1-2H3,(H,17,18,19). The number of benzene rings is 1. The van der Waals surface area contributed by atoms with Gasteiger partial charge in [0.15, 0.2) is 5.82 Å². The molecule has 0 spiro atoms. The molecular formula is C16H17N3S. The van der Waals surface area contributed by atoms with E-state index in [1.165, 1.54) is 4.88 Å². The van der Waals surface area contributed by atoms with Crippen LogP contribution in [0, 0.1) is 0 Å². The number of aryl methyl sites for hydroxylation is 1.